The fraction of sp³-hybridized carbons (Fsp3) is 0.222. The first-order valence-corrected chi connectivity index (χ1v) is 7.14. The van der Waals surface area contributed by atoms with Gasteiger partial charge >= 0.3 is 0 Å². The zero-order chi connectivity index (χ0) is 16.1. The van der Waals surface area contributed by atoms with Crippen molar-refractivity contribution in [2.24, 2.45) is 0 Å². The molecule has 0 atom stereocenters. The van der Waals surface area contributed by atoms with Gasteiger partial charge in [0.25, 0.3) is 0 Å². The van der Waals surface area contributed by atoms with Gasteiger partial charge < -0.3 is 4.74 Å². The Morgan fingerprint density at radius 3 is 2.27 bits per heavy atom. The van der Waals surface area contributed by atoms with Gasteiger partial charge in [-0.2, -0.15) is 4.39 Å². The summed E-state index contributed by atoms with van der Waals surface area (Å²) in [6.07, 6.45) is 1.74. The molecule has 0 spiro atoms. The number of allylic oxidation sites excluding steroid dienone is 1. The van der Waals surface area contributed by atoms with Crippen molar-refractivity contribution in [2.45, 2.75) is 20.3 Å². The van der Waals surface area contributed by atoms with Crippen molar-refractivity contribution in [3.8, 4) is 16.9 Å². The summed E-state index contributed by atoms with van der Waals surface area (Å²) in [5.41, 5.74) is 1.34. The SMILES string of the molecule is CCOc1ccc(-c2ccc(C=C(F)CC)cc2)c(F)c1F. The highest BCUT2D eigenvalue weighted by molar-refractivity contribution is 5.67. The van der Waals surface area contributed by atoms with E-state index in [1.54, 1.807) is 38.1 Å². The molecule has 0 saturated carbocycles. The number of halogens is 3. The largest absolute Gasteiger partial charge is 0.491 e. The molecule has 2 rings (SSSR count). The van der Waals surface area contributed by atoms with Gasteiger partial charge in [0.1, 0.15) is 5.83 Å². The van der Waals surface area contributed by atoms with Crippen molar-refractivity contribution in [3.05, 3.63) is 59.4 Å². The van der Waals surface area contributed by atoms with E-state index < -0.39 is 11.6 Å². The zero-order valence-corrected chi connectivity index (χ0v) is 12.5. The molecule has 1 nitrogen and oxygen atoms in total. The molecule has 0 aromatic heterocycles. The molecule has 0 aliphatic rings. The minimum atomic E-state index is -1.000. The lowest BCUT2D eigenvalue weighted by Crippen LogP contribution is -1.98. The first kappa shape index (κ1) is 16.1. The Balaban J connectivity index is 2.34. The first-order chi connectivity index (χ1) is 10.6. The predicted molar refractivity (Wildman–Crippen MR) is 82.3 cm³/mol. The molecule has 0 saturated heterocycles. The smallest absolute Gasteiger partial charge is 0.201 e. The topological polar surface area (TPSA) is 9.23 Å². The van der Waals surface area contributed by atoms with Gasteiger partial charge in [0.2, 0.25) is 5.82 Å². The second-order valence-electron chi connectivity index (χ2n) is 4.74. The Morgan fingerprint density at radius 2 is 1.68 bits per heavy atom. The summed E-state index contributed by atoms with van der Waals surface area (Å²) in [6, 6.07) is 9.47. The van der Waals surface area contributed by atoms with Crippen LogP contribution in [0.25, 0.3) is 17.2 Å². The third kappa shape index (κ3) is 3.50. The van der Waals surface area contributed by atoms with E-state index in [1.807, 2.05) is 0 Å². The van der Waals surface area contributed by atoms with Crippen molar-refractivity contribution in [2.75, 3.05) is 6.61 Å². The fourth-order valence-corrected chi connectivity index (χ4v) is 2.06. The van der Waals surface area contributed by atoms with Crippen LogP contribution in [0.5, 0.6) is 5.75 Å². The van der Waals surface area contributed by atoms with Gasteiger partial charge in [0.15, 0.2) is 11.6 Å². The number of hydrogen-bond donors (Lipinski definition) is 0. The van der Waals surface area contributed by atoms with Crippen molar-refractivity contribution in [1.29, 1.82) is 0 Å². The lowest BCUT2D eigenvalue weighted by molar-refractivity contribution is 0.314. The van der Waals surface area contributed by atoms with Gasteiger partial charge in [-0.25, -0.2) is 8.78 Å². The highest BCUT2D eigenvalue weighted by Gasteiger charge is 2.15. The second-order valence-corrected chi connectivity index (χ2v) is 4.74. The maximum atomic E-state index is 14.1. The molecule has 0 unspecified atom stereocenters. The second kappa shape index (κ2) is 7.16. The summed E-state index contributed by atoms with van der Waals surface area (Å²) >= 11 is 0. The van der Waals surface area contributed by atoms with Gasteiger partial charge in [-0.3, -0.25) is 0 Å². The minimum Gasteiger partial charge on any atom is -0.491 e. The summed E-state index contributed by atoms with van der Waals surface area (Å²) in [5, 5.41) is 0. The van der Waals surface area contributed by atoms with Crippen LogP contribution in [0.2, 0.25) is 0 Å². The lowest BCUT2D eigenvalue weighted by atomic mass is 10.0. The summed E-state index contributed by atoms with van der Waals surface area (Å²) in [5.74, 6) is -2.28. The summed E-state index contributed by atoms with van der Waals surface area (Å²) in [7, 11) is 0. The molecule has 0 heterocycles. The van der Waals surface area contributed by atoms with E-state index in [0.717, 1.165) is 0 Å². The number of hydrogen-bond acceptors (Lipinski definition) is 1. The normalized spacial score (nSPS) is 11.6. The Kier molecular flexibility index (Phi) is 5.26. The molecular formula is C18H17F3O. The molecule has 22 heavy (non-hydrogen) atoms. The molecule has 0 aliphatic heterocycles. The van der Waals surface area contributed by atoms with Crippen molar-refractivity contribution in [3.63, 3.8) is 0 Å². The third-order valence-corrected chi connectivity index (χ3v) is 3.23. The van der Waals surface area contributed by atoms with Gasteiger partial charge in [0.05, 0.1) is 6.61 Å². The van der Waals surface area contributed by atoms with E-state index in [9.17, 15) is 13.2 Å². The summed E-state index contributed by atoms with van der Waals surface area (Å²) < 4.78 is 46.2. The standard InChI is InChI=1S/C18H17F3O/c1-3-14(19)11-12-5-7-13(8-6-12)15-9-10-16(22-4-2)18(21)17(15)20/h5-11H,3-4H2,1-2H3. The van der Waals surface area contributed by atoms with E-state index >= 15 is 0 Å². The van der Waals surface area contributed by atoms with E-state index in [-0.39, 0.29) is 23.7 Å². The van der Waals surface area contributed by atoms with Gasteiger partial charge in [0, 0.05) is 5.56 Å². The van der Waals surface area contributed by atoms with Crippen LogP contribution < -0.4 is 4.74 Å². The summed E-state index contributed by atoms with van der Waals surface area (Å²) in [4.78, 5) is 0. The molecule has 2 aromatic carbocycles. The Hall–Kier alpha value is -2.23. The maximum Gasteiger partial charge on any atom is 0.201 e. The predicted octanol–water partition coefficient (Wildman–Crippen LogP) is 5.75. The number of ether oxygens (including phenoxy) is 1. The molecule has 4 heteroatoms. The number of benzene rings is 2. The van der Waals surface area contributed by atoms with Crippen molar-refractivity contribution < 1.29 is 17.9 Å². The van der Waals surface area contributed by atoms with Crippen LogP contribution in [-0.2, 0) is 0 Å². The van der Waals surface area contributed by atoms with Gasteiger partial charge in [-0.1, -0.05) is 31.2 Å². The Morgan fingerprint density at radius 1 is 1.00 bits per heavy atom. The molecule has 0 N–H and O–H groups in total. The molecule has 0 amide bonds. The van der Waals surface area contributed by atoms with Crippen LogP contribution in [0.1, 0.15) is 25.8 Å². The van der Waals surface area contributed by atoms with Crippen molar-refractivity contribution >= 4 is 6.08 Å². The van der Waals surface area contributed by atoms with Crippen LogP contribution in [0, 0.1) is 11.6 Å². The fourth-order valence-electron chi connectivity index (χ4n) is 2.06. The van der Waals surface area contributed by atoms with Crippen LogP contribution in [-0.4, -0.2) is 6.61 Å². The van der Waals surface area contributed by atoms with Crippen molar-refractivity contribution in [1.82, 2.24) is 0 Å². The molecule has 0 bridgehead atoms. The molecule has 116 valence electrons. The van der Waals surface area contributed by atoms with Crippen LogP contribution in [0.3, 0.4) is 0 Å². The molecule has 2 aromatic rings. The minimum absolute atomic E-state index is 0.103. The monoisotopic (exact) mass is 306 g/mol. The highest BCUT2D eigenvalue weighted by atomic mass is 19.2. The quantitative estimate of drug-likeness (QED) is 0.683. The number of rotatable bonds is 5. The first-order valence-electron chi connectivity index (χ1n) is 7.14. The van der Waals surface area contributed by atoms with E-state index in [2.05, 4.69) is 0 Å². The van der Waals surface area contributed by atoms with Crippen LogP contribution >= 0.6 is 0 Å². The lowest BCUT2D eigenvalue weighted by Gasteiger charge is -2.09. The van der Waals surface area contributed by atoms with Crippen LogP contribution in [0.15, 0.2) is 42.2 Å². The van der Waals surface area contributed by atoms with E-state index in [1.165, 1.54) is 18.2 Å². The van der Waals surface area contributed by atoms with Gasteiger partial charge in [-0.15, -0.1) is 0 Å². The molecule has 0 radical (unpaired) electrons. The summed E-state index contributed by atoms with van der Waals surface area (Å²) in [6.45, 7) is 3.69. The molecular weight excluding hydrogens is 289 g/mol. The third-order valence-electron chi connectivity index (χ3n) is 3.23. The average Bonchev–Trinajstić information content (AvgIpc) is 2.53. The Labute approximate surface area is 128 Å². The maximum absolute atomic E-state index is 14.1. The molecule has 0 fully saturated rings. The zero-order valence-electron chi connectivity index (χ0n) is 12.5. The van der Waals surface area contributed by atoms with E-state index in [0.29, 0.717) is 17.5 Å². The Bertz CT molecular complexity index is 675. The van der Waals surface area contributed by atoms with E-state index in [4.69, 9.17) is 4.74 Å². The average molecular weight is 306 g/mol. The highest BCUT2D eigenvalue weighted by Crippen LogP contribution is 2.30. The molecule has 0 aliphatic carbocycles. The van der Waals surface area contributed by atoms with Gasteiger partial charge in [-0.05, 0) is 42.7 Å². The van der Waals surface area contributed by atoms with Crippen LogP contribution in [0.4, 0.5) is 13.2 Å².